The van der Waals surface area contributed by atoms with Gasteiger partial charge in [0.2, 0.25) is 15.9 Å². The van der Waals surface area contributed by atoms with Crippen LogP contribution in [0.3, 0.4) is 0 Å². The van der Waals surface area contributed by atoms with Crippen LogP contribution in [0, 0.1) is 11.7 Å². The molecule has 2 heterocycles. The number of para-hydroxylation sites is 1. The minimum atomic E-state index is -3.25. The van der Waals surface area contributed by atoms with Gasteiger partial charge in [0.25, 0.3) is 0 Å². The summed E-state index contributed by atoms with van der Waals surface area (Å²) in [6.45, 7) is 7.46. The molecular weight excluding hydrogens is 419 g/mol. The summed E-state index contributed by atoms with van der Waals surface area (Å²) in [5.41, 5.74) is 0.664. The van der Waals surface area contributed by atoms with E-state index in [1.165, 1.54) is 10.4 Å². The summed E-state index contributed by atoms with van der Waals surface area (Å²) in [5.74, 6) is -0.334. The zero-order valence-corrected chi connectivity index (χ0v) is 19.2. The summed E-state index contributed by atoms with van der Waals surface area (Å²) in [6.07, 6.45) is 2.90. The van der Waals surface area contributed by atoms with E-state index in [2.05, 4.69) is 15.1 Å². The van der Waals surface area contributed by atoms with Gasteiger partial charge in [0, 0.05) is 45.8 Å². The Balaban J connectivity index is 1.35. The highest BCUT2D eigenvalue weighted by atomic mass is 32.2. The van der Waals surface area contributed by atoms with Gasteiger partial charge in [-0.25, -0.2) is 17.1 Å². The van der Waals surface area contributed by atoms with Crippen LogP contribution in [-0.2, 0) is 14.8 Å². The highest BCUT2D eigenvalue weighted by Gasteiger charge is 2.31. The summed E-state index contributed by atoms with van der Waals surface area (Å²) in [7, 11) is -3.25. The molecule has 0 radical (unpaired) electrons. The number of anilines is 1. The molecule has 0 bridgehead atoms. The van der Waals surface area contributed by atoms with Crippen molar-refractivity contribution in [3.05, 3.63) is 30.1 Å². The SMILES string of the molecule is CCCS(=O)(=O)N1CCC[C@@H](C(=O)NCCCN2CCN(c3ccccc3F)CC2)C1. The minimum Gasteiger partial charge on any atom is -0.367 e. The van der Waals surface area contributed by atoms with Crippen molar-refractivity contribution in [3.63, 3.8) is 0 Å². The maximum absolute atomic E-state index is 13.9. The van der Waals surface area contributed by atoms with E-state index in [1.807, 2.05) is 19.1 Å². The average molecular weight is 455 g/mol. The van der Waals surface area contributed by atoms with E-state index in [-0.39, 0.29) is 23.4 Å². The lowest BCUT2D eigenvalue weighted by molar-refractivity contribution is -0.126. The standard InChI is InChI=1S/C22H35FN4O3S/c1-2-17-31(29,30)27-12-5-7-19(18-27)22(28)24-10-6-11-25-13-15-26(16-14-25)21-9-4-3-8-20(21)23/h3-4,8-9,19H,2,5-7,10-18H2,1H3,(H,24,28)/t19-/m1/s1. The molecular formula is C22H35FN4O3S. The van der Waals surface area contributed by atoms with Gasteiger partial charge in [-0.15, -0.1) is 0 Å². The number of rotatable bonds is 9. The summed E-state index contributed by atoms with van der Waals surface area (Å²) < 4.78 is 40.0. The number of nitrogens with one attached hydrogen (secondary N) is 1. The van der Waals surface area contributed by atoms with E-state index in [0.29, 0.717) is 31.7 Å². The van der Waals surface area contributed by atoms with E-state index in [9.17, 15) is 17.6 Å². The third-order valence-corrected chi connectivity index (χ3v) is 8.17. The average Bonchev–Trinajstić information content (AvgIpc) is 2.77. The number of carbonyl (C=O) groups excluding carboxylic acids is 1. The summed E-state index contributed by atoms with van der Waals surface area (Å²) >= 11 is 0. The van der Waals surface area contributed by atoms with E-state index in [0.717, 1.165) is 52.0 Å². The largest absolute Gasteiger partial charge is 0.367 e. The Morgan fingerprint density at radius 2 is 1.90 bits per heavy atom. The molecule has 174 valence electrons. The van der Waals surface area contributed by atoms with Gasteiger partial charge in [0.05, 0.1) is 17.4 Å². The molecule has 1 aromatic rings. The van der Waals surface area contributed by atoms with Crippen LogP contribution in [0.4, 0.5) is 10.1 Å². The van der Waals surface area contributed by atoms with E-state index in [1.54, 1.807) is 6.07 Å². The first-order chi connectivity index (χ1) is 14.9. The predicted octanol–water partition coefficient (Wildman–Crippen LogP) is 1.91. The van der Waals surface area contributed by atoms with Crippen molar-refractivity contribution in [2.24, 2.45) is 5.92 Å². The Hall–Kier alpha value is -1.71. The van der Waals surface area contributed by atoms with Crippen LogP contribution in [0.5, 0.6) is 0 Å². The van der Waals surface area contributed by atoms with Crippen molar-refractivity contribution in [2.45, 2.75) is 32.6 Å². The number of sulfonamides is 1. The van der Waals surface area contributed by atoms with Gasteiger partial charge in [-0.1, -0.05) is 19.1 Å². The van der Waals surface area contributed by atoms with Crippen molar-refractivity contribution in [1.29, 1.82) is 0 Å². The monoisotopic (exact) mass is 454 g/mol. The Kier molecular flexibility index (Phi) is 8.68. The molecule has 1 atom stereocenters. The second-order valence-corrected chi connectivity index (χ2v) is 10.5. The number of piperazine rings is 1. The third kappa shape index (κ3) is 6.63. The van der Waals surface area contributed by atoms with Gasteiger partial charge >= 0.3 is 0 Å². The molecule has 0 aliphatic carbocycles. The third-order valence-electron chi connectivity index (χ3n) is 6.13. The molecule has 1 N–H and O–H groups in total. The number of halogens is 1. The van der Waals surface area contributed by atoms with Gasteiger partial charge in [-0.2, -0.15) is 0 Å². The number of amides is 1. The van der Waals surface area contributed by atoms with Gasteiger partial charge in [0.15, 0.2) is 0 Å². The topological polar surface area (TPSA) is 73.0 Å². The lowest BCUT2D eigenvalue weighted by atomic mass is 9.99. The zero-order valence-electron chi connectivity index (χ0n) is 18.4. The second-order valence-electron chi connectivity index (χ2n) is 8.44. The van der Waals surface area contributed by atoms with Gasteiger partial charge in [-0.05, 0) is 44.4 Å². The molecule has 2 saturated heterocycles. The van der Waals surface area contributed by atoms with Crippen molar-refractivity contribution in [2.75, 3.05) is 63.0 Å². The van der Waals surface area contributed by atoms with Crippen LogP contribution in [0.2, 0.25) is 0 Å². The molecule has 7 nitrogen and oxygen atoms in total. The van der Waals surface area contributed by atoms with Crippen LogP contribution in [0.25, 0.3) is 0 Å². The highest BCUT2D eigenvalue weighted by Crippen LogP contribution is 2.21. The van der Waals surface area contributed by atoms with Crippen molar-refractivity contribution in [3.8, 4) is 0 Å². The molecule has 1 aromatic carbocycles. The number of nitrogens with zero attached hydrogens (tertiary/aromatic N) is 3. The Bertz CT molecular complexity index is 828. The van der Waals surface area contributed by atoms with E-state index >= 15 is 0 Å². The van der Waals surface area contributed by atoms with Crippen molar-refractivity contribution >= 4 is 21.6 Å². The first kappa shape index (κ1) is 23.9. The quantitative estimate of drug-likeness (QED) is 0.577. The minimum absolute atomic E-state index is 0.0410. The summed E-state index contributed by atoms with van der Waals surface area (Å²) in [5, 5.41) is 2.99. The maximum Gasteiger partial charge on any atom is 0.224 e. The van der Waals surface area contributed by atoms with Crippen molar-refractivity contribution in [1.82, 2.24) is 14.5 Å². The summed E-state index contributed by atoms with van der Waals surface area (Å²) in [4.78, 5) is 16.9. The van der Waals surface area contributed by atoms with Crippen LogP contribution >= 0.6 is 0 Å². The fourth-order valence-corrected chi connectivity index (χ4v) is 5.96. The van der Waals surface area contributed by atoms with Crippen LogP contribution < -0.4 is 10.2 Å². The Labute approximate surface area is 185 Å². The van der Waals surface area contributed by atoms with Crippen LogP contribution in [0.1, 0.15) is 32.6 Å². The molecule has 2 aliphatic rings. The number of carbonyl (C=O) groups is 1. The predicted molar refractivity (Wildman–Crippen MR) is 121 cm³/mol. The molecule has 0 unspecified atom stereocenters. The summed E-state index contributed by atoms with van der Waals surface area (Å²) in [6, 6.07) is 6.88. The molecule has 0 spiro atoms. The van der Waals surface area contributed by atoms with Crippen LogP contribution in [-0.4, -0.2) is 81.6 Å². The molecule has 0 aromatic heterocycles. The van der Waals surface area contributed by atoms with E-state index < -0.39 is 10.0 Å². The van der Waals surface area contributed by atoms with Gasteiger partial charge < -0.3 is 10.2 Å². The number of hydrogen-bond acceptors (Lipinski definition) is 5. The normalized spacial score (nSPS) is 21.2. The first-order valence-electron chi connectivity index (χ1n) is 11.4. The maximum atomic E-state index is 13.9. The molecule has 2 aliphatic heterocycles. The number of piperidine rings is 1. The van der Waals surface area contributed by atoms with Crippen molar-refractivity contribution < 1.29 is 17.6 Å². The number of benzene rings is 1. The molecule has 0 saturated carbocycles. The smallest absolute Gasteiger partial charge is 0.224 e. The lowest BCUT2D eigenvalue weighted by Gasteiger charge is -2.36. The van der Waals surface area contributed by atoms with Gasteiger partial charge in [-0.3, -0.25) is 9.69 Å². The first-order valence-corrected chi connectivity index (χ1v) is 13.0. The highest BCUT2D eigenvalue weighted by molar-refractivity contribution is 7.89. The van der Waals surface area contributed by atoms with Gasteiger partial charge in [0.1, 0.15) is 5.82 Å². The molecule has 2 fully saturated rings. The molecule has 3 rings (SSSR count). The number of hydrogen-bond donors (Lipinski definition) is 1. The second kappa shape index (κ2) is 11.2. The molecule has 31 heavy (non-hydrogen) atoms. The lowest BCUT2D eigenvalue weighted by Crippen LogP contribution is -2.48. The van der Waals surface area contributed by atoms with E-state index in [4.69, 9.17) is 0 Å². The van der Waals surface area contributed by atoms with Crippen LogP contribution in [0.15, 0.2) is 24.3 Å². The zero-order chi connectivity index (χ0) is 22.3. The fourth-order valence-electron chi connectivity index (χ4n) is 4.38. The fraction of sp³-hybridized carbons (Fsp3) is 0.682. The molecule has 1 amide bonds. The molecule has 9 heteroatoms. The Morgan fingerprint density at radius 1 is 1.16 bits per heavy atom. The Morgan fingerprint density at radius 3 is 2.61 bits per heavy atom.